The lowest BCUT2D eigenvalue weighted by molar-refractivity contribution is -0.113. The number of nitrogens with one attached hydrogen (secondary N) is 2. The van der Waals surface area contributed by atoms with E-state index in [9.17, 15) is 9.59 Å². The molecule has 6 heteroatoms. The van der Waals surface area contributed by atoms with Crippen LogP contribution in [0.1, 0.15) is 26.4 Å². The number of hydrogen-bond acceptors (Lipinski definition) is 4. The zero-order chi connectivity index (χ0) is 23.8. The second-order valence-corrected chi connectivity index (χ2v) is 9.68. The van der Waals surface area contributed by atoms with Gasteiger partial charge in [0.15, 0.2) is 0 Å². The fourth-order valence-corrected chi connectivity index (χ4v) is 4.75. The first-order valence-corrected chi connectivity index (χ1v) is 12.6. The Hall–Kier alpha value is -3.61. The van der Waals surface area contributed by atoms with Gasteiger partial charge in [0.1, 0.15) is 5.70 Å². The third kappa shape index (κ3) is 6.70. The molecule has 4 nitrogen and oxygen atoms in total. The number of benzene rings is 3. The largest absolute Gasteiger partial charge is 0.321 e. The van der Waals surface area contributed by atoms with Gasteiger partial charge in [0, 0.05) is 26.8 Å². The highest BCUT2D eigenvalue weighted by Crippen LogP contribution is 2.23. The molecule has 4 aromatic rings. The lowest BCUT2D eigenvalue weighted by Gasteiger charge is -2.12. The van der Waals surface area contributed by atoms with Crippen LogP contribution in [0.2, 0.25) is 0 Å². The van der Waals surface area contributed by atoms with Gasteiger partial charge >= 0.3 is 0 Å². The molecule has 3 aromatic carbocycles. The van der Waals surface area contributed by atoms with E-state index >= 15 is 0 Å². The first-order valence-electron chi connectivity index (χ1n) is 10.8. The molecule has 0 aliphatic carbocycles. The van der Waals surface area contributed by atoms with Crippen molar-refractivity contribution in [2.75, 3.05) is 5.32 Å². The molecule has 0 saturated heterocycles. The van der Waals surface area contributed by atoms with Crippen LogP contribution in [0.4, 0.5) is 5.69 Å². The quantitative estimate of drug-likeness (QED) is 0.215. The van der Waals surface area contributed by atoms with E-state index in [0.717, 1.165) is 21.8 Å². The third-order valence-corrected chi connectivity index (χ3v) is 6.87. The Kier molecular flexibility index (Phi) is 7.96. The molecule has 0 aliphatic rings. The summed E-state index contributed by atoms with van der Waals surface area (Å²) in [6, 6.07) is 29.1. The van der Waals surface area contributed by atoms with Crippen LogP contribution in [0.5, 0.6) is 0 Å². The standard InChI is InChI=1S/C28H24N2O2S2/c1-20-7-5-8-22(17-20)27(31)30-26(18-25-11-6-16-33-25)28(32)29-23-14-12-21(13-15-23)19-34-24-9-3-2-4-10-24/h2-18H,19H2,1H3,(H,29,32)(H,30,31)/b26-18-. The van der Waals surface area contributed by atoms with E-state index in [-0.39, 0.29) is 17.5 Å². The summed E-state index contributed by atoms with van der Waals surface area (Å²) >= 11 is 3.26. The van der Waals surface area contributed by atoms with Gasteiger partial charge in [0.05, 0.1) is 0 Å². The van der Waals surface area contributed by atoms with Crippen LogP contribution in [0.15, 0.2) is 107 Å². The van der Waals surface area contributed by atoms with Crippen molar-refractivity contribution in [1.82, 2.24) is 5.32 Å². The first kappa shape index (κ1) is 23.5. The minimum atomic E-state index is -0.374. The van der Waals surface area contributed by atoms with Crippen molar-refractivity contribution < 1.29 is 9.59 Å². The van der Waals surface area contributed by atoms with Crippen molar-refractivity contribution in [3.63, 3.8) is 0 Å². The molecule has 0 saturated carbocycles. The van der Waals surface area contributed by atoms with E-state index in [1.165, 1.54) is 16.2 Å². The Balaban J connectivity index is 1.44. The normalized spacial score (nSPS) is 11.1. The Labute approximate surface area is 207 Å². The molecule has 0 spiro atoms. The van der Waals surface area contributed by atoms with E-state index in [1.807, 2.05) is 79.0 Å². The molecule has 170 valence electrons. The number of aryl methyl sites for hydroxylation is 1. The fourth-order valence-electron chi connectivity index (χ4n) is 3.22. The summed E-state index contributed by atoms with van der Waals surface area (Å²) in [5, 5.41) is 7.61. The van der Waals surface area contributed by atoms with Gasteiger partial charge in [-0.1, -0.05) is 54.1 Å². The van der Waals surface area contributed by atoms with E-state index < -0.39 is 0 Å². The molecular weight excluding hydrogens is 460 g/mol. The van der Waals surface area contributed by atoms with E-state index in [0.29, 0.717) is 11.3 Å². The number of thiophene rings is 1. The number of carbonyl (C=O) groups is 2. The summed E-state index contributed by atoms with van der Waals surface area (Å²) in [4.78, 5) is 28.0. The van der Waals surface area contributed by atoms with Crippen LogP contribution in [0, 0.1) is 6.92 Å². The molecule has 0 radical (unpaired) electrons. The van der Waals surface area contributed by atoms with Crippen LogP contribution in [-0.4, -0.2) is 11.8 Å². The minimum Gasteiger partial charge on any atom is -0.321 e. The molecule has 2 amide bonds. The molecule has 0 unspecified atom stereocenters. The highest BCUT2D eigenvalue weighted by Gasteiger charge is 2.15. The Morgan fingerprint density at radius 1 is 0.912 bits per heavy atom. The molecule has 0 atom stereocenters. The van der Waals surface area contributed by atoms with Crippen molar-refractivity contribution in [2.24, 2.45) is 0 Å². The van der Waals surface area contributed by atoms with E-state index in [4.69, 9.17) is 0 Å². The molecule has 2 N–H and O–H groups in total. The SMILES string of the molecule is Cc1cccc(C(=O)N/C(=C\c2cccs2)C(=O)Nc2ccc(CSc3ccccc3)cc2)c1. The monoisotopic (exact) mass is 484 g/mol. The lowest BCUT2D eigenvalue weighted by atomic mass is 10.1. The number of thioether (sulfide) groups is 1. The minimum absolute atomic E-state index is 0.192. The lowest BCUT2D eigenvalue weighted by Crippen LogP contribution is -2.30. The maximum absolute atomic E-state index is 13.1. The fraction of sp³-hybridized carbons (Fsp3) is 0.0714. The maximum atomic E-state index is 13.1. The Morgan fingerprint density at radius 2 is 1.71 bits per heavy atom. The van der Waals surface area contributed by atoms with Crippen LogP contribution in [0.3, 0.4) is 0 Å². The molecular formula is C28H24N2O2S2. The summed E-state index contributed by atoms with van der Waals surface area (Å²) in [7, 11) is 0. The van der Waals surface area contributed by atoms with Crippen LogP contribution >= 0.6 is 23.1 Å². The Morgan fingerprint density at radius 3 is 2.41 bits per heavy atom. The number of rotatable bonds is 8. The highest BCUT2D eigenvalue weighted by atomic mass is 32.2. The van der Waals surface area contributed by atoms with Gasteiger partial charge in [-0.05, 0) is 66.4 Å². The van der Waals surface area contributed by atoms with Crippen molar-refractivity contribution in [3.8, 4) is 0 Å². The van der Waals surface area contributed by atoms with Gasteiger partial charge in [-0.15, -0.1) is 23.1 Å². The van der Waals surface area contributed by atoms with Gasteiger partial charge in [-0.2, -0.15) is 0 Å². The Bertz CT molecular complexity index is 1280. The van der Waals surface area contributed by atoms with Gasteiger partial charge in [0.25, 0.3) is 11.8 Å². The van der Waals surface area contributed by atoms with Crippen LogP contribution in [-0.2, 0) is 10.5 Å². The summed E-state index contributed by atoms with van der Waals surface area (Å²) in [6.07, 6.45) is 1.69. The van der Waals surface area contributed by atoms with Gasteiger partial charge in [-0.3, -0.25) is 9.59 Å². The van der Waals surface area contributed by atoms with Gasteiger partial charge in [-0.25, -0.2) is 0 Å². The van der Waals surface area contributed by atoms with E-state index in [1.54, 1.807) is 30.0 Å². The number of hydrogen-bond donors (Lipinski definition) is 2. The van der Waals surface area contributed by atoms with Crippen molar-refractivity contribution in [1.29, 1.82) is 0 Å². The summed E-state index contributed by atoms with van der Waals surface area (Å²) < 4.78 is 0. The second-order valence-electron chi connectivity index (χ2n) is 7.65. The predicted octanol–water partition coefficient (Wildman–Crippen LogP) is 6.76. The van der Waals surface area contributed by atoms with Gasteiger partial charge in [0.2, 0.25) is 0 Å². The number of anilines is 1. The van der Waals surface area contributed by atoms with Crippen LogP contribution < -0.4 is 10.6 Å². The molecule has 0 aliphatic heterocycles. The van der Waals surface area contributed by atoms with Crippen molar-refractivity contribution >= 4 is 46.7 Å². The highest BCUT2D eigenvalue weighted by molar-refractivity contribution is 7.98. The molecule has 1 heterocycles. The van der Waals surface area contributed by atoms with Gasteiger partial charge < -0.3 is 10.6 Å². The molecule has 34 heavy (non-hydrogen) atoms. The zero-order valence-electron chi connectivity index (χ0n) is 18.7. The predicted molar refractivity (Wildman–Crippen MR) is 142 cm³/mol. The number of carbonyl (C=O) groups excluding carboxylic acids is 2. The molecule has 1 aromatic heterocycles. The molecule has 0 bridgehead atoms. The number of amides is 2. The average Bonchev–Trinajstić information content (AvgIpc) is 3.37. The average molecular weight is 485 g/mol. The molecule has 4 rings (SSSR count). The third-order valence-electron chi connectivity index (χ3n) is 4.96. The zero-order valence-corrected chi connectivity index (χ0v) is 20.3. The first-order chi connectivity index (χ1) is 16.6. The van der Waals surface area contributed by atoms with Crippen molar-refractivity contribution in [3.05, 3.63) is 124 Å². The van der Waals surface area contributed by atoms with E-state index in [2.05, 4.69) is 22.8 Å². The summed E-state index contributed by atoms with van der Waals surface area (Å²) in [5.41, 5.74) is 3.50. The summed E-state index contributed by atoms with van der Waals surface area (Å²) in [5.74, 6) is 0.143. The second kappa shape index (κ2) is 11.5. The molecule has 0 fully saturated rings. The smallest absolute Gasteiger partial charge is 0.272 e. The van der Waals surface area contributed by atoms with Crippen LogP contribution in [0.25, 0.3) is 6.08 Å². The topological polar surface area (TPSA) is 58.2 Å². The maximum Gasteiger partial charge on any atom is 0.272 e. The summed E-state index contributed by atoms with van der Waals surface area (Å²) in [6.45, 7) is 1.92. The van der Waals surface area contributed by atoms with Crippen molar-refractivity contribution in [2.45, 2.75) is 17.6 Å².